The van der Waals surface area contributed by atoms with Gasteiger partial charge in [0.1, 0.15) is 11.5 Å². The van der Waals surface area contributed by atoms with Gasteiger partial charge < -0.3 is 9.47 Å². The van der Waals surface area contributed by atoms with E-state index in [0.29, 0.717) is 11.7 Å². The number of hydrogen-bond acceptors (Lipinski definition) is 3. The summed E-state index contributed by atoms with van der Waals surface area (Å²) in [6.07, 6.45) is 8.87. The highest BCUT2D eigenvalue weighted by atomic mass is 16.2. The number of imidazole rings is 1. The lowest BCUT2D eigenvalue weighted by molar-refractivity contribution is 0.0822. The average molecular weight is 304 g/mol. The van der Waals surface area contributed by atoms with E-state index in [1.807, 2.05) is 6.20 Å². The Hall–Kier alpha value is -1.36. The molecule has 1 atom stereocenters. The summed E-state index contributed by atoms with van der Waals surface area (Å²) in [5.74, 6) is 1.89. The molecule has 0 bridgehead atoms. The molecule has 1 fully saturated rings. The Bertz CT molecular complexity index is 531. The van der Waals surface area contributed by atoms with Crippen LogP contribution in [0.3, 0.4) is 0 Å². The Morgan fingerprint density at radius 3 is 2.68 bits per heavy atom. The van der Waals surface area contributed by atoms with Crippen molar-refractivity contribution in [3.63, 3.8) is 0 Å². The molecule has 0 saturated heterocycles. The van der Waals surface area contributed by atoms with Crippen LogP contribution in [0.5, 0.6) is 0 Å². The van der Waals surface area contributed by atoms with Crippen molar-refractivity contribution in [3.8, 4) is 0 Å². The first-order chi connectivity index (χ1) is 10.6. The minimum Gasteiger partial charge on any atom is -0.343 e. The standard InChI is InChI=1S/C17H28N4O/c1-13-16-18-15(17(22)19(2)3)12-21(16)10-9-20(13)11-14-7-5-4-6-8-14/h12-14H,4-11H2,1-3H3/t13-/m0/s1. The zero-order valence-corrected chi connectivity index (χ0v) is 14.1. The Morgan fingerprint density at radius 1 is 1.27 bits per heavy atom. The molecule has 1 amide bonds. The van der Waals surface area contributed by atoms with E-state index in [1.54, 1.807) is 19.0 Å². The van der Waals surface area contributed by atoms with Gasteiger partial charge >= 0.3 is 0 Å². The minimum absolute atomic E-state index is 0.00655. The second-order valence-electron chi connectivity index (χ2n) is 7.05. The van der Waals surface area contributed by atoms with Gasteiger partial charge in [0, 0.05) is 39.9 Å². The molecule has 5 nitrogen and oxygen atoms in total. The number of amides is 1. The van der Waals surface area contributed by atoms with Crippen molar-refractivity contribution < 1.29 is 4.79 Å². The zero-order chi connectivity index (χ0) is 15.7. The van der Waals surface area contributed by atoms with Crippen LogP contribution in [0, 0.1) is 5.92 Å². The average Bonchev–Trinajstić information content (AvgIpc) is 2.95. The molecule has 1 aromatic rings. The van der Waals surface area contributed by atoms with Crippen LogP contribution in [0.1, 0.15) is 61.4 Å². The number of nitrogens with zero attached hydrogens (tertiary/aromatic N) is 4. The Kier molecular flexibility index (Phi) is 4.52. The highest BCUT2D eigenvalue weighted by Crippen LogP contribution is 2.30. The smallest absolute Gasteiger partial charge is 0.273 e. The molecule has 1 aliphatic carbocycles. The summed E-state index contributed by atoms with van der Waals surface area (Å²) in [6.45, 7) is 5.42. The second-order valence-corrected chi connectivity index (χ2v) is 7.05. The zero-order valence-electron chi connectivity index (χ0n) is 14.1. The van der Waals surface area contributed by atoms with E-state index in [1.165, 1.54) is 38.6 Å². The van der Waals surface area contributed by atoms with Gasteiger partial charge in [-0.2, -0.15) is 0 Å². The summed E-state index contributed by atoms with van der Waals surface area (Å²) in [5, 5.41) is 0. The summed E-state index contributed by atoms with van der Waals surface area (Å²) in [7, 11) is 3.55. The predicted molar refractivity (Wildman–Crippen MR) is 86.8 cm³/mol. The van der Waals surface area contributed by atoms with Crippen molar-refractivity contribution in [2.45, 2.75) is 51.6 Å². The molecule has 0 N–H and O–H groups in total. The van der Waals surface area contributed by atoms with Crippen LogP contribution in [-0.4, -0.2) is 52.4 Å². The SMILES string of the molecule is C[C@H]1c2nc(C(=O)N(C)C)cn2CCN1CC1CCCCC1. The molecule has 1 aromatic heterocycles. The van der Waals surface area contributed by atoms with Crippen molar-refractivity contribution >= 4 is 5.91 Å². The van der Waals surface area contributed by atoms with Crippen molar-refractivity contribution in [3.05, 3.63) is 17.7 Å². The minimum atomic E-state index is -0.00655. The Morgan fingerprint density at radius 2 is 2.00 bits per heavy atom. The molecule has 0 spiro atoms. The molecule has 5 heteroatoms. The first kappa shape index (κ1) is 15.5. The maximum atomic E-state index is 12.1. The first-order valence-electron chi connectivity index (χ1n) is 8.59. The van der Waals surface area contributed by atoms with Crippen molar-refractivity contribution in [1.29, 1.82) is 0 Å². The molecule has 1 aliphatic heterocycles. The molecular weight excluding hydrogens is 276 g/mol. The normalized spacial score (nSPS) is 23.3. The van der Waals surface area contributed by atoms with E-state index in [0.717, 1.165) is 24.8 Å². The largest absolute Gasteiger partial charge is 0.343 e. The molecular formula is C17H28N4O. The van der Waals surface area contributed by atoms with Crippen LogP contribution < -0.4 is 0 Å². The summed E-state index contributed by atoms with van der Waals surface area (Å²) in [4.78, 5) is 20.9. The topological polar surface area (TPSA) is 41.4 Å². The number of aromatic nitrogens is 2. The van der Waals surface area contributed by atoms with Crippen LogP contribution in [0.4, 0.5) is 0 Å². The predicted octanol–water partition coefficient (Wildman–Crippen LogP) is 2.54. The van der Waals surface area contributed by atoms with Crippen molar-refractivity contribution in [2.24, 2.45) is 5.92 Å². The van der Waals surface area contributed by atoms with Gasteiger partial charge in [0.15, 0.2) is 0 Å². The van der Waals surface area contributed by atoms with E-state index in [-0.39, 0.29) is 5.91 Å². The fourth-order valence-electron chi connectivity index (χ4n) is 3.82. The highest BCUT2D eigenvalue weighted by Gasteiger charge is 2.29. The quantitative estimate of drug-likeness (QED) is 0.862. The van der Waals surface area contributed by atoms with Crippen molar-refractivity contribution in [1.82, 2.24) is 19.4 Å². The van der Waals surface area contributed by atoms with Gasteiger partial charge in [-0.3, -0.25) is 9.69 Å². The lowest BCUT2D eigenvalue weighted by Gasteiger charge is -2.37. The van der Waals surface area contributed by atoms with E-state index >= 15 is 0 Å². The molecule has 1 saturated carbocycles. The number of rotatable bonds is 3. The molecule has 0 unspecified atom stereocenters. The molecule has 122 valence electrons. The number of hydrogen-bond donors (Lipinski definition) is 0. The van der Waals surface area contributed by atoms with Gasteiger partial charge in [-0.15, -0.1) is 0 Å². The van der Waals surface area contributed by atoms with Crippen LogP contribution in [0.25, 0.3) is 0 Å². The molecule has 3 rings (SSSR count). The highest BCUT2D eigenvalue weighted by molar-refractivity contribution is 5.91. The third-order valence-corrected chi connectivity index (χ3v) is 5.20. The number of fused-ring (bicyclic) bond motifs is 1. The maximum absolute atomic E-state index is 12.1. The van der Waals surface area contributed by atoms with Gasteiger partial charge in [-0.25, -0.2) is 4.98 Å². The van der Waals surface area contributed by atoms with E-state index in [4.69, 9.17) is 0 Å². The molecule has 22 heavy (non-hydrogen) atoms. The van der Waals surface area contributed by atoms with Gasteiger partial charge in [0.2, 0.25) is 0 Å². The summed E-state index contributed by atoms with van der Waals surface area (Å²) < 4.78 is 2.17. The maximum Gasteiger partial charge on any atom is 0.273 e. The Balaban J connectivity index is 1.71. The van der Waals surface area contributed by atoms with E-state index in [2.05, 4.69) is 21.4 Å². The van der Waals surface area contributed by atoms with Crippen LogP contribution in [0.2, 0.25) is 0 Å². The van der Waals surface area contributed by atoms with Gasteiger partial charge in [0.05, 0.1) is 6.04 Å². The van der Waals surface area contributed by atoms with E-state index < -0.39 is 0 Å². The van der Waals surface area contributed by atoms with Gasteiger partial charge in [-0.1, -0.05) is 19.3 Å². The lowest BCUT2D eigenvalue weighted by Crippen LogP contribution is -2.40. The third kappa shape index (κ3) is 3.05. The van der Waals surface area contributed by atoms with Crippen LogP contribution in [-0.2, 0) is 6.54 Å². The Labute approximate surface area is 133 Å². The molecule has 0 radical (unpaired) electrons. The van der Waals surface area contributed by atoms with Gasteiger partial charge in [-0.05, 0) is 25.7 Å². The van der Waals surface area contributed by atoms with Crippen molar-refractivity contribution in [2.75, 3.05) is 27.2 Å². The second kappa shape index (κ2) is 6.41. The van der Waals surface area contributed by atoms with Crippen LogP contribution in [0.15, 0.2) is 6.20 Å². The summed E-state index contributed by atoms with van der Waals surface area (Å²) in [6, 6.07) is 0.305. The lowest BCUT2D eigenvalue weighted by atomic mass is 9.88. The molecule has 0 aromatic carbocycles. The third-order valence-electron chi connectivity index (χ3n) is 5.20. The number of carbonyl (C=O) groups excluding carboxylic acids is 1. The summed E-state index contributed by atoms with van der Waals surface area (Å²) >= 11 is 0. The van der Waals surface area contributed by atoms with Crippen LogP contribution >= 0.6 is 0 Å². The molecule has 2 heterocycles. The van der Waals surface area contributed by atoms with Gasteiger partial charge in [0.25, 0.3) is 5.91 Å². The number of carbonyl (C=O) groups is 1. The fourth-order valence-corrected chi connectivity index (χ4v) is 3.82. The van der Waals surface area contributed by atoms with E-state index in [9.17, 15) is 4.79 Å². The monoisotopic (exact) mass is 304 g/mol. The molecule has 2 aliphatic rings. The fraction of sp³-hybridized carbons (Fsp3) is 0.765. The summed E-state index contributed by atoms with van der Waals surface area (Å²) in [5.41, 5.74) is 0.575. The first-order valence-corrected chi connectivity index (χ1v) is 8.59.